The summed E-state index contributed by atoms with van der Waals surface area (Å²) in [5.41, 5.74) is 2.26. The molecule has 0 bridgehead atoms. The highest BCUT2D eigenvalue weighted by molar-refractivity contribution is 7.99. The third-order valence-corrected chi connectivity index (χ3v) is 6.14. The van der Waals surface area contributed by atoms with Gasteiger partial charge >= 0.3 is 0 Å². The van der Waals surface area contributed by atoms with Crippen LogP contribution in [-0.4, -0.2) is 57.5 Å². The zero-order valence-electron chi connectivity index (χ0n) is 17.0. The van der Waals surface area contributed by atoms with Crippen LogP contribution in [-0.2, 0) is 11.3 Å². The molecule has 1 aromatic heterocycles. The zero-order valence-corrected chi connectivity index (χ0v) is 17.8. The molecule has 6 nitrogen and oxygen atoms in total. The summed E-state index contributed by atoms with van der Waals surface area (Å²) in [6.45, 7) is 9.17. The minimum absolute atomic E-state index is 0.0618. The van der Waals surface area contributed by atoms with Crippen LogP contribution in [0.4, 0.5) is 0 Å². The topological polar surface area (TPSA) is 63.1 Å². The lowest BCUT2D eigenvalue weighted by Crippen LogP contribution is -2.33. The molecule has 0 spiro atoms. The fraction of sp³-hybridized carbons (Fsp3) is 0.571. The second-order valence-electron chi connectivity index (χ2n) is 7.26. The van der Waals surface area contributed by atoms with E-state index in [2.05, 4.69) is 51.0 Å². The van der Waals surface area contributed by atoms with E-state index in [9.17, 15) is 4.79 Å². The molecule has 0 aliphatic carbocycles. The zero-order chi connectivity index (χ0) is 19.8. The maximum Gasteiger partial charge on any atom is 0.230 e. The molecule has 1 fully saturated rings. The molecule has 7 heteroatoms. The predicted molar refractivity (Wildman–Crippen MR) is 115 cm³/mol. The van der Waals surface area contributed by atoms with Gasteiger partial charge in [-0.05, 0) is 58.3 Å². The minimum Gasteiger partial charge on any atom is -0.355 e. The Hall–Kier alpha value is -1.86. The van der Waals surface area contributed by atoms with Crippen molar-refractivity contribution < 1.29 is 4.79 Å². The van der Waals surface area contributed by atoms with Crippen molar-refractivity contribution in [3.05, 3.63) is 29.8 Å². The summed E-state index contributed by atoms with van der Waals surface area (Å²) in [5, 5.41) is 12.5. The normalized spacial score (nSPS) is 14.9. The van der Waals surface area contributed by atoms with Gasteiger partial charge < -0.3 is 14.8 Å². The smallest absolute Gasteiger partial charge is 0.230 e. The van der Waals surface area contributed by atoms with Crippen LogP contribution in [0.2, 0.25) is 0 Å². The lowest BCUT2D eigenvalue weighted by atomic mass is 10.1. The number of carbonyl (C=O) groups excluding carboxylic acids is 1. The Morgan fingerprint density at radius 1 is 1.18 bits per heavy atom. The van der Waals surface area contributed by atoms with Crippen molar-refractivity contribution in [1.82, 2.24) is 25.0 Å². The Labute approximate surface area is 172 Å². The number of rotatable bonds is 9. The molecule has 1 aliphatic heterocycles. The summed E-state index contributed by atoms with van der Waals surface area (Å²) in [4.78, 5) is 14.7. The molecule has 0 unspecified atom stereocenters. The molecule has 0 atom stereocenters. The molecule has 2 aromatic rings. The molecule has 1 amide bonds. The van der Waals surface area contributed by atoms with E-state index in [0.717, 1.165) is 42.6 Å². The van der Waals surface area contributed by atoms with Crippen molar-refractivity contribution in [2.45, 2.75) is 51.2 Å². The Morgan fingerprint density at radius 3 is 2.71 bits per heavy atom. The van der Waals surface area contributed by atoms with Gasteiger partial charge in [0.1, 0.15) is 0 Å². The van der Waals surface area contributed by atoms with E-state index in [4.69, 9.17) is 0 Å². The third-order valence-electron chi connectivity index (χ3n) is 5.17. The predicted octanol–water partition coefficient (Wildman–Crippen LogP) is 3.36. The summed E-state index contributed by atoms with van der Waals surface area (Å²) >= 11 is 1.45. The van der Waals surface area contributed by atoms with Crippen LogP contribution < -0.4 is 5.32 Å². The third kappa shape index (κ3) is 5.58. The van der Waals surface area contributed by atoms with E-state index in [1.165, 1.54) is 49.7 Å². The van der Waals surface area contributed by atoms with Gasteiger partial charge in [0.2, 0.25) is 5.91 Å². The van der Waals surface area contributed by atoms with E-state index in [1.807, 2.05) is 12.1 Å². The van der Waals surface area contributed by atoms with Crippen LogP contribution in [0.3, 0.4) is 0 Å². The van der Waals surface area contributed by atoms with Gasteiger partial charge in [-0.3, -0.25) is 4.79 Å². The van der Waals surface area contributed by atoms with Crippen molar-refractivity contribution in [1.29, 1.82) is 0 Å². The molecule has 28 heavy (non-hydrogen) atoms. The number of benzene rings is 1. The van der Waals surface area contributed by atoms with Gasteiger partial charge in [-0.1, -0.05) is 42.4 Å². The van der Waals surface area contributed by atoms with Crippen molar-refractivity contribution in [2.75, 3.05) is 31.9 Å². The first-order valence-corrected chi connectivity index (χ1v) is 11.3. The van der Waals surface area contributed by atoms with E-state index < -0.39 is 0 Å². The van der Waals surface area contributed by atoms with Gasteiger partial charge in [0.15, 0.2) is 11.0 Å². The van der Waals surface area contributed by atoms with Crippen molar-refractivity contribution in [2.24, 2.45) is 0 Å². The minimum atomic E-state index is 0.0618. The van der Waals surface area contributed by atoms with Gasteiger partial charge in [-0.15, -0.1) is 10.2 Å². The van der Waals surface area contributed by atoms with E-state index in [-0.39, 0.29) is 5.91 Å². The van der Waals surface area contributed by atoms with Crippen molar-refractivity contribution in [3.63, 3.8) is 0 Å². The molecule has 0 saturated carbocycles. The number of amides is 1. The summed E-state index contributed by atoms with van der Waals surface area (Å²) in [6.07, 6.45) is 4.99. The average molecular weight is 402 g/mol. The number of aromatic nitrogens is 3. The second kappa shape index (κ2) is 10.6. The van der Waals surface area contributed by atoms with Crippen LogP contribution in [0, 0.1) is 6.92 Å². The molecule has 1 N–H and O–H groups in total. The summed E-state index contributed by atoms with van der Waals surface area (Å²) in [6, 6.07) is 8.18. The van der Waals surface area contributed by atoms with Crippen molar-refractivity contribution in [3.8, 4) is 11.4 Å². The number of hydrogen-bond donors (Lipinski definition) is 1. The quantitative estimate of drug-likeness (QED) is 0.516. The lowest BCUT2D eigenvalue weighted by molar-refractivity contribution is -0.118. The number of likely N-dealkylation sites (tertiary alicyclic amines) is 1. The standard InChI is InChI=1S/C21H31N5OS/c1-3-26-20(18-11-6-5-10-17(18)2)23-24-21(26)28-16-19(27)22-12-9-15-25-13-7-4-8-14-25/h5-6,10-11H,3-4,7-9,12-16H2,1-2H3,(H,22,27). The van der Waals surface area contributed by atoms with Crippen LogP contribution in [0.1, 0.15) is 38.2 Å². The maximum atomic E-state index is 12.2. The highest BCUT2D eigenvalue weighted by atomic mass is 32.2. The van der Waals surface area contributed by atoms with Gasteiger partial charge in [0, 0.05) is 18.7 Å². The first-order chi connectivity index (χ1) is 13.7. The largest absolute Gasteiger partial charge is 0.355 e. The van der Waals surface area contributed by atoms with Gasteiger partial charge in [-0.2, -0.15) is 0 Å². The average Bonchev–Trinajstić information content (AvgIpc) is 3.13. The molecule has 1 aromatic carbocycles. The van der Waals surface area contributed by atoms with Gasteiger partial charge in [0.05, 0.1) is 5.75 Å². The maximum absolute atomic E-state index is 12.2. The molecule has 3 rings (SSSR count). The first kappa shape index (κ1) is 20.9. The number of piperidine rings is 1. The Bertz CT molecular complexity index is 770. The Morgan fingerprint density at radius 2 is 1.96 bits per heavy atom. The van der Waals surface area contributed by atoms with Crippen LogP contribution in [0.25, 0.3) is 11.4 Å². The summed E-state index contributed by atoms with van der Waals surface area (Å²) in [7, 11) is 0. The first-order valence-electron chi connectivity index (χ1n) is 10.3. The second-order valence-corrected chi connectivity index (χ2v) is 8.20. The summed E-state index contributed by atoms with van der Waals surface area (Å²) < 4.78 is 2.08. The number of nitrogens with zero attached hydrogens (tertiary/aromatic N) is 4. The number of aryl methyl sites for hydroxylation is 1. The molecule has 1 aliphatic rings. The SMILES string of the molecule is CCn1c(SCC(=O)NCCCN2CCCCC2)nnc1-c1ccccc1C. The molecule has 152 valence electrons. The van der Waals surface area contributed by atoms with Gasteiger partial charge in [-0.25, -0.2) is 0 Å². The lowest BCUT2D eigenvalue weighted by Gasteiger charge is -2.26. The Kier molecular flexibility index (Phi) is 7.91. The fourth-order valence-corrected chi connectivity index (χ4v) is 4.43. The highest BCUT2D eigenvalue weighted by Gasteiger charge is 2.16. The molecular weight excluding hydrogens is 370 g/mol. The van der Waals surface area contributed by atoms with Crippen LogP contribution in [0.15, 0.2) is 29.4 Å². The number of hydrogen-bond acceptors (Lipinski definition) is 5. The van der Waals surface area contributed by atoms with Crippen LogP contribution >= 0.6 is 11.8 Å². The highest BCUT2D eigenvalue weighted by Crippen LogP contribution is 2.26. The molecule has 0 radical (unpaired) electrons. The number of carbonyl (C=O) groups is 1. The van der Waals surface area contributed by atoms with E-state index in [1.54, 1.807) is 0 Å². The fourth-order valence-electron chi connectivity index (χ4n) is 3.60. The van der Waals surface area contributed by atoms with E-state index >= 15 is 0 Å². The van der Waals surface area contributed by atoms with Crippen LogP contribution in [0.5, 0.6) is 0 Å². The molecular formula is C21H31N5OS. The molecule has 1 saturated heterocycles. The number of nitrogens with one attached hydrogen (secondary N) is 1. The Balaban J connectivity index is 1.46. The molecule has 2 heterocycles. The van der Waals surface area contributed by atoms with Crippen molar-refractivity contribution >= 4 is 17.7 Å². The van der Waals surface area contributed by atoms with Gasteiger partial charge in [0.25, 0.3) is 0 Å². The monoisotopic (exact) mass is 401 g/mol. The summed E-state index contributed by atoms with van der Waals surface area (Å²) in [5.74, 6) is 1.30. The van der Waals surface area contributed by atoms with E-state index in [0.29, 0.717) is 5.75 Å². The number of thioether (sulfide) groups is 1.